The summed E-state index contributed by atoms with van der Waals surface area (Å²) < 4.78 is 1.99. The molecule has 0 saturated heterocycles. The number of nitrogens with zero attached hydrogens (tertiary/aromatic N) is 4. The Balaban J connectivity index is 1.59. The van der Waals surface area contributed by atoms with Gasteiger partial charge in [0.2, 0.25) is 0 Å². The highest BCUT2D eigenvalue weighted by Gasteiger charge is 2.45. The van der Waals surface area contributed by atoms with Crippen LogP contribution in [0.15, 0.2) is 12.3 Å². The highest BCUT2D eigenvalue weighted by molar-refractivity contribution is 5.48. The third-order valence-corrected chi connectivity index (χ3v) is 5.25. The first-order valence-corrected chi connectivity index (χ1v) is 8.61. The van der Waals surface area contributed by atoms with Crippen molar-refractivity contribution in [2.45, 2.75) is 58.4 Å². The number of rotatable bonds is 6. The van der Waals surface area contributed by atoms with Crippen LogP contribution in [0.4, 0.5) is 0 Å². The molecule has 5 heteroatoms. The molecule has 0 spiro atoms. The predicted octanol–water partition coefficient (Wildman–Crippen LogP) is 3.79. The normalized spacial score (nSPS) is 20.0. The van der Waals surface area contributed by atoms with Crippen LogP contribution in [-0.2, 0) is 0 Å². The van der Waals surface area contributed by atoms with Crippen LogP contribution < -0.4 is 0 Å². The lowest BCUT2D eigenvalue weighted by atomic mass is 9.85. The van der Waals surface area contributed by atoms with E-state index in [-0.39, 0.29) is 0 Å². The molecular formula is C17H25N5. The van der Waals surface area contributed by atoms with Crippen molar-refractivity contribution < 1.29 is 0 Å². The zero-order valence-electron chi connectivity index (χ0n) is 13.7. The first-order chi connectivity index (χ1) is 10.6. The summed E-state index contributed by atoms with van der Waals surface area (Å²) in [5, 5.41) is 13.3. The third kappa shape index (κ3) is 2.46. The zero-order valence-corrected chi connectivity index (χ0v) is 13.7. The van der Waals surface area contributed by atoms with E-state index in [1.165, 1.54) is 25.7 Å². The van der Waals surface area contributed by atoms with E-state index in [1.54, 1.807) is 0 Å². The molecule has 1 unspecified atom stereocenters. The fourth-order valence-corrected chi connectivity index (χ4v) is 3.85. The molecule has 22 heavy (non-hydrogen) atoms. The van der Waals surface area contributed by atoms with Gasteiger partial charge in [-0.3, -0.25) is 4.68 Å². The molecule has 2 aliphatic carbocycles. The minimum Gasteiger partial charge on any atom is -0.323 e. The maximum atomic E-state index is 4.47. The summed E-state index contributed by atoms with van der Waals surface area (Å²) in [5.74, 6) is 5.04. The van der Waals surface area contributed by atoms with Gasteiger partial charge in [-0.2, -0.15) is 5.10 Å². The number of nitrogens with one attached hydrogen (secondary N) is 1. The van der Waals surface area contributed by atoms with Gasteiger partial charge >= 0.3 is 0 Å². The molecule has 0 aliphatic heterocycles. The van der Waals surface area contributed by atoms with E-state index in [1.807, 2.05) is 16.9 Å². The summed E-state index contributed by atoms with van der Waals surface area (Å²) in [5.41, 5.74) is 1.02. The van der Waals surface area contributed by atoms with Crippen molar-refractivity contribution in [3.05, 3.63) is 18.1 Å². The van der Waals surface area contributed by atoms with Crippen molar-refractivity contribution in [2.75, 3.05) is 0 Å². The molecule has 2 aliphatic rings. The van der Waals surface area contributed by atoms with Crippen LogP contribution in [0.1, 0.15) is 64.2 Å². The number of hydrogen-bond acceptors (Lipinski definition) is 3. The second-order valence-electron chi connectivity index (χ2n) is 7.35. The molecule has 0 bridgehead atoms. The Bertz CT molecular complexity index is 636. The Hall–Kier alpha value is -1.65. The van der Waals surface area contributed by atoms with Crippen LogP contribution in [0.5, 0.6) is 0 Å². The fraction of sp³-hybridized carbons (Fsp3) is 0.706. The van der Waals surface area contributed by atoms with E-state index >= 15 is 0 Å². The van der Waals surface area contributed by atoms with E-state index in [0.29, 0.717) is 12.0 Å². The molecule has 2 fully saturated rings. The monoisotopic (exact) mass is 299 g/mol. The standard InChI is InChI=1S/C17H25N5/c1-10(2)22-14(8-9-18-22)17-19-16(20-21-17)11(3)15(12-4-5-12)13-6-7-13/h8-13,15H,4-7H2,1-3H3,(H,19,20,21). The SMILES string of the molecule is CC(c1nnc(-c2ccnn2C(C)C)[nH]1)C(C1CC1)C1CC1. The van der Waals surface area contributed by atoms with Crippen LogP contribution >= 0.6 is 0 Å². The Morgan fingerprint density at radius 3 is 2.36 bits per heavy atom. The summed E-state index contributed by atoms with van der Waals surface area (Å²) in [4.78, 5) is 3.47. The lowest BCUT2D eigenvalue weighted by molar-refractivity contribution is 0.336. The molecule has 2 aromatic heterocycles. The molecule has 5 nitrogen and oxygen atoms in total. The highest BCUT2D eigenvalue weighted by atomic mass is 15.3. The molecule has 2 saturated carbocycles. The topological polar surface area (TPSA) is 59.4 Å². The lowest BCUT2D eigenvalue weighted by Gasteiger charge is -2.21. The number of hydrogen-bond donors (Lipinski definition) is 1. The van der Waals surface area contributed by atoms with Gasteiger partial charge in [0.25, 0.3) is 0 Å². The summed E-state index contributed by atoms with van der Waals surface area (Å²) >= 11 is 0. The molecule has 0 radical (unpaired) electrons. The number of aromatic amines is 1. The smallest absolute Gasteiger partial charge is 0.179 e. The third-order valence-electron chi connectivity index (χ3n) is 5.25. The van der Waals surface area contributed by atoms with Crippen LogP contribution in [0, 0.1) is 17.8 Å². The van der Waals surface area contributed by atoms with Crippen molar-refractivity contribution in [1.29, 1.82) is 0 Å². The van der Waals surface area contributed by atoms with E-state index in [4.69, 9.17) is 0 Å². The van der Waals surface area contributed by atoms with E-state index in [0.717, 1.165) is 35.1 Å². The van der Waals surface area contributed by atoms with Crippen LogP contribution in [0.3, 0.4) is 0 Å². The molecule has 1 atom stereocenters. The Labute approximate surface area is 131 Å². The minimum atomic E-state index is 0.321. The minimum absolute atomic E-state index is 0.321. The van der Waals surface area contributed by atoms with Gasteiger partial charge in [0.15, 0.2) is 5.82 Å². The number of aromatic nitrogens is 5. The van der Waals surface area contributed by atoms with Crippen molar-refractivity contribution >= 4 is 0 Å². The maximum absolute atomic E-state index is 4.47. The average Bonchev–Trinajstić information content (AvgIpc) is 3.40. The van der Waals surface area contributed by atoms with E-state index in [9.17, 15) is 0 Å². The van der Waals surface area contributed by atoms with E-state index in [2.05, 4.69) is 41.1 Å². The van der Waals surface area contributed by atoms with Crippen molar-refractivity contribution in [2.24, 2.45) is 17.8 Å². The zero-order chi connectivity index (χ0) is 15.3. The van der Waals surface area contributed by atoms with Gasteiger partial charge in [-0.1, -0.05) is 6.92 Å². The Kier molecular flexibility index (Phi) is 3.31. The summed E-state index contributed by atoms with van der Waals surface area (Å²) in [6.45, 7) is 6.59. The molecular weight excluding hydrogens is 274 g/mol. The molecule has 2 heterocycles. The Morgan fingerprint density at radius 1 is 1.09 bits per heavy atom. The molecule has 1 N–H and O–H groups in total. The average molecular weight is 299 g/mol. The second kappa shape index (κ2) is 5.21. The van der Waals surface area contributed by atoms with Gasteiger partial charge in [-0.25, -0.2) is 0 Å². The molecule has 4 rings (SSSR count). The van der Waals surface area contributed by atoms with Crippen molar-refractivity contribution in [1.82, 2.24) is 25.0 Å². The van der Waals surface area contributed by atoms with Gasteiger partial charge in [0.1, 0.15) is 11.5 Å². The van der Waals surface area contributed by atoms with Gasteiger partial charge < -0.3 is 4.98 Å². The van der Waals surface area contributed by atoms with Crippen LogP contribution in [-0.4, -0.2) is 25.0 Å². The lowest BCUT2D eigenvalue weighted by Crippen LogP contribution is -2.16. The largest absolute Gasteiger partial charge is 0.323 e. The molecule has 0 aromatic carbocycles. The van der Waals surface area contributed by atoms with Gasteiger partial charge in [0.05, 0.1) is 0 Å². The molecule has 118 valence electrons. The first kappa shape index (κ1) is 14.0. The molecule has 0 amide bonds. The van der Waals surface area contributed by atoms with Gasteiger partial charge in [0, 0.05) is 18.2 Å². The highest BCUT2D eigenvalue weighted by Crippen LogP contribution is 2.54. The summed E-state index contributed by atoms with van der Waals surface area (Å²) in [6, 6.07) is 2.33. The summed E-state index contributed by atoms with van der Waals surface area (Å²) in [7, 11) is 0. The quantitative estimate of drug-likeness (QED) is 0.883. The van der Waals surface area contributed by atoms with Crippen LogP contribution in [0.25, 0.3) is 11.5 Å². The van der Waals surface area contributed by atoms with E-state index < -0.39 is 0 Å². The van der Waals surface area contributed by atoms with Crippen molar-refractivity contribution in [3.8, 4) is 11.5 Å². The van der Waals surface area contributed by atoms with Crippen LogP contribution in [0.2, 0.25) is 0 Å². The molecule has 2 aromatic rings. The van der Waals surface area contributed by atoms with Gasteiger partial charge in [-0.05, 0) is 63.4 Å². The van der Waals surface area contributed by atoms with Gasteiger partial charge in [-0.15, -0.1) is 10.2 Å². The number of H-pyrrole nitrogens is 1. The van der Waals surface area contributed by atoms with Crippen molar-refractivity contribution in [3.63, 3.8) is 0 Å². The Morgan fingerprint density at radius 2 is 1.77 bits per heavy atom. The first-order valence-electron chi connectivity index (χ1n) is 8.61. The fourth-order valence-electron chi connectivity index (χ4n) is 3.85. The predicted molar refractivity (Wildman–Crippen MR) is 85.3 cm³/mol. The summed E-state index contributed by atoms with van der Waals surface area (Å²) in [6.07, 6.45) is 7.47. The second-order valence-corrected chi connectivity index (χ2v) is 7.35. The maximum Gasteiger partial charge on any atom is 0.179 e.